The van der Waals surface area contributed by atoms with Gasteiger partial charge in [-0.25, -0.2) is 0 Å². The summed E-state index contributed by atoms with van der Waals surface area (Å²) >= 11 is 0. The summed E-state index contributed by atoms with van der Waals surface area (Å²) in [6.07, 6.45) is -1.27. The molecule has 1 heterocycles. The first-order valence-electron chi connectivity index (χ1n) is 11.2. The van der Waals surface area contributed by atoms with Crippen molar-refractivity contribution in [3.05, 3.63) is 54.1 Å². The minimum Gasteiger partial charge on any atom is -0.383 e. The number of fused-ring (bicyclic) bond motifs is 3. The Morgan fingerprint density at radius 3 is 2.15 bits per heavy atom. The van der Waals surface area contributed by atoms with Gasteiger partial charge < -0.3 is 20.6 Å². The number of anilines is 1. The van der Waals surface area contributed by atoms with Crippen LogP contribution < -0.4 is 15.5 Å². The smallest absolute Gasteiger partial charge is 0.253 e. The van der Waals surface area contributed by atoms with Gasteiger partial charge in [0.2, 0.25) is 11.8 Å². The summed E-state index contributed by atoms with van der Waals surface area (Å²) in [4.78, 5) is 40.9. The molecule has 2 aromatic rings. The van der Waals surface area contributed by atoms with Gasteiger partial charge in [-0.15, -0.1) is 0 Å². The summed E-state index contributed by atoms with van der Waals surface area (Å²) in [7, 11) is 1.69. The lowest BCUT2D eigenvalue weighted by atomic mass is 9.88. The van der Waals surface area contributed by atoms with E-state index in [0.717, 1.165) is 16.8 Å². The van der Waals surface area contributed by atoms with Crippen LogP contribution in [0.1, 0.15) is 46.2 Å². The van der Waals surface area contributed by atoms with Crippen LogP contribution in [0.25, 0.3) is 11.1 Å². The van der Waals surface area contributed by atoms with E-state index in [2.05, 4.69) is 10.6 Å². The minimum absolute atomic E-state index is 0.257. The van der Waals surface area contributed by atoms with Gasteiger partial charge in [-0.05, 0) is 28.5 Å². The van der Waals surface area contributed by atoms with Crippen molar-refractivity contribution in [2.45, 2.75) is 52.8 Å². The number of aliphatic hydroxyl groups is 1. The normalized spacial score (nSPS) is 17.5. The van der Waals surface area contributed by atoms with Crippen LogP contribution >= 0.6 is 0 Å². The first-order chi connectivity index (χ1) is 15.4. The minimum atomic E-state index is -1.27. The number of likely N-dealkylation sites (N-methyl/N-ethyl adjacent to an activating group) is 1. The molecule has 3 amide bonds. The van der Waals surface area contributed by atoms with Crippen molar-refractivity contribution in [2.75, 3.05) is 11.9 Å². The van der Waals surface area contributed by atoms with Crippen molar-refractivity contribution in [1.29, 1.82) is 0 Å². The molecule has 0 saturated heterocycles. The van der Waals surface area contributed by atoms with Crippen LogP contribution in [0.5, 0.6) is 0 Å². The van der Waals surface area contributed by atoms with Gasteiger partial charge in [0, 0.05) is 12.6 Å². The van der Waals surface area contributed by atoms with Crippen LogP contribution in [0, 0.1) is 11.3 Å². The predicted octanol–water partition coefficient (Wildman–Crippen LogP) is 3.04. The zero-order chi connectivity index (χ0) is 24.5. The van der Waals surface area contributed by atoms with E-state index in [4.69, 9.17) is 0 Å². The molecule has 3 atom stereocenters. The van der Waals surface area contributed by atoms with Crippen LogP contribution in [0.15, 0.2) is 48.5 Å². The molecule has 0 aliphatic carbocycles. The lowest BCUT2D eigenvalue weighted by molar-refractivity contribution is -0.139. The number of hydrogen-bond donors (Lipinski definition) is 3. The second-order valence-electron chi connectivity index (χ2n) is 9.94. The number of hydrogen-bond acceptors (Lipinski definition) is 4. The Hall–Kier alpha value is -3.19. The highest BCUT2D eigenvalue weighted by Crippen LogP contribution is 2.39. The van der Waals surface area contributed by atoms with E-state index >= 15 is 0 Å². The number of amides is 3. The molecule has 0 spiro atoms. The average Bonchev–Trinajstić information content (AvgIpc) is 2.85. The molecule has 33 heavy (non-hydrogen) atoms. The third-order valence-electron chi connectivity index (χ3n) is 6.01. The predicted molar refractivity (Wildman–Crippen MR) is 128 cm³/mol. The van der Waals surface area contributed by atoms with E-state index in [9.17, 15) is 19.5 Å². The molecule has 3 rings (SSSR count). The fourth-order valence-electron chi connectivity index (χ4n) is 3.97. The number of carbonyl (C=O) groups excluding carboxylic acids is 3. The van der Waals surface area contributed by atoms with Crippen molar-refractivity contribution in [2.24, 2.45) is 11.3 Å². The van der Waals surface area contributed by atoms with Crippen molar-refractivity contribution in [3.8, 4) is 11.1 Å². The zero-order valence-electron chi connectivity index (χ0n) is 20.0. The third-order valence-corrected chi connectivity index (χ3v) is 6.01. The summed E-state index contributed by atoms with van der Waals surface area (Å²) in [6, 6.07) is 13.3. The molecule has 2 aromatic carbocycles. The number of benzene rings is 2. The fraction of sp³-hybridized carbons (Fsp3) is 0.423. The SMILES string of the molecule is CC(C)C(NC(=O)C(O)C(C)(C)C)C(=O)NC1C(=O)N(C)c2ccccc2-c2ccccc21. The van der Waals surface area contributed by atoms with Gasteiger partial charge in [0.15, 0.2) is 0 Å². The monoisotopic (exact) mass is 451 g/mol. The van der Waals surface area contributed by atoms with E-state index in [0.29, 0.717) is 5.56 Å². The second kappa shape index (κ2) is 9.35. The number of carbonyl (C=O) groups is 3. The summed E-state index contributed by atoms with van der Waals surface area (Å²) in [5, 5.41) is 15.9. The number of para-hydroxylation sites is 1. The van der Waals surface area contributed by atoms with E-state index in [1.54, 1.807) is 46.6 Å². The van der Waals surface area contributed by atoms with E-state index in [1.165, 1.54) is 0 Å². The standard InChI is InChI=1S/C26H33N3O4/c1-15(2)20(27-24(32)22(30)26(3,4)5)23(31)28-21-18-13-8-7-11-16(18)17-12-9-10-14-19(17)29(6)25(21)33/h7-15,20-22,30H,1-6H3,(H,27,32)(H,28,31). The Labute approximate surface area is 195 Å². The fourth-order valence-corrected chi connectivity index (χ4v) is 3.97. The first-order valence-corrected chi connectivity index (χ1v) is 11.2. The summed E-state index contributed by atoms with van der Waals surface area (Å²) < 4.78 is 0. The largest absolute Gasteiger partial charge is 0.383 e. The Kier molecular flexibility index (Phi) is 6.93. The lowest BCUT2D eigenvalue weighted by Gasteiger charge is -2.30. The Morgan fingerprint density at radius 2 is 1.55 bits per heavy atom. The summed E-state index contributed by atoms with van der Waals surface area (Å²) in [5.41, 5.74) is 2.55. The maximum Gasteiger partial charge on any atom is 0.253 e. The lowest BCUT2D eigenvalue weighted by Crippen LogP contribution is -2.55. The maximum atomic E-state index is 13.4. The number of rotatable bonds is 5. The molecule has 0 radical (unpaired) electrons. The van der Waals surface area contributed by atoms with Crippen molar-refractivity contribution >= 4 is 23.4 Å². The molecule has 0 saturated carbocycles. The maximum absolute atomic E-state index is 13.4. The number of nitrogens with zero attached hydrogens (tertiary/aromatic N) is 1. The number of nitrogens with one attached hydrogen (secondary N) is 2. The molecule has 1 aliphatic rings. The van der Waals surface area contributed by atoms with Gasteiger partial charge in [0.1, 0.15) is 18.2 Å². The van der Waals surface area contributed by atoms with E-state index in [1.807, 2.05) is 48.5 Å². The Bertz CT molecular complexity index is 1060. The van der Waals surface area contributed by atoms with Crippen LogP contribution in [0.4, 0.5) is 5.69 Å². The molecule has 176 valence electrons. The quantitative estimate of drug-likeness (QED) is 0.651. The molecule has 3 N–H and O–H groups in total. The molecule has 0 aromatic heterocycles. The van der Waals surface area contributed by atoms with Crippen molar-refractivity contribution in [3.63, 3.8) is 0 Å². The van der Waals surface area contributed by atoms with Crippen molar-refractivity contribution in [1.82, 2.24) is 10.6 Å². The Morgan fingerprint density at radius 1 is 0.970 bits per heavy atom. The van der Waals surface area contributed by atoms with E-state index < -0.39 is 35.4 Å². The van der Waals surface area contributed by atoms with Crippen LogP contribution in [0.3, 0.4) is 0 Å². The summed E-state index contributed by atoms with van der Waals surface area (Å²) in [6.45, 7) is 8.85. The second-order valence-corrected chi connectivity index (χ2v) is 9.94. The number of aliphatic hydroxyl groups excluding tert-OH is 1. The zero-order valence-corrected chi connectivity index (χ0v) is 20.0. The van der Waals surface area contributed by atoms with Crippen LogP contribution in [0.2, 0.25) is 0 Å². The summed E-state index contributed by atoms with van der Waals surface area (Å²) in [5.74, 6) is -1.63. The van der Waals surface area contributed by atoms with Gasteiger partial charge in [-0.1, -0.05) is 77.1 Å². The van der Waals surface area contributed by atoms with Crippen molar-refractivity contribution < 1.29 is 19.5 Å². The van der Waals surface area contributed by atoms with Gasteiger partial charge in [0.25, 0.3) is 5.91 Å². The average molecular weight is 452 g/mol. The molecule has 0 bridgehead atoms. The van der Waals surface area contributed by atoms with Gasteiger partial charge in [-0.3, -0.25) is 14.4 Å². The van der Waals surface area contributed by atoms with E-state index in [-0.39, 0.29) is 11.8 Å². The molecule has 7 heteroatoms. The highest BCUT2D eigenvalue weighted by atomic mass is 16.3. The molecular weight excluding hydrogens is 418 g/mol. The van der Waals surface area contributed by atoms with Crippen LogP contribution in [-0.2, 0) is 14.4 Å². The Balaban J connectivity index is 1.93. The van der Waals surface area contributed by atoms with Gasteiger partial charge >= 0.3 is 0 Å². The van der Waals surface area contributed by atoms with Crippen LogP contribution in [-0.4, -0.2) is 42.0 Å². The highest BCUT2D eigenvalue weighted by Gasteiger charge is 2.37. The highest BCUT2D eigenvalue weighted by molar-refractivity contribution is 6.06. The topological polar surface area (TPSA) is 98.7 Å². The van der Waals surface area contributed by atoms with Gasteiger partial charge in [-0.2, -0.15) is 0 Å². The molecule has 1 aliphatic heterocycles. The molecule has 3 unspecified atom stereocenters. The third kappa shape index (κ3) is 4.93. The molecule has 0 fully saturated rings. The van der Waals surface area contributed by atoms with Gasteiger partial charge in [0.05, 0.1) is 5.69 Å². The molecule has 7 nitrogen and oxygen atoms in total. The first kappa shape index (κ1) is 24.5. The molecular formula is C26H33N3O4.